The number of carbonyl (C=O) groups excluding carboxylic acids is 2. The van der Waals surface area contributed by atoms with Gasteiger partial charge >= 0.3 is 6.09 Å². The van der Waals surface area contributed by atoms with Crippen LogP contribution in [0.4, 0.5) is 4.79 Å². The molecule has 2 aromatic heterocycles. The second-order valence-electron chi connectivity index (χ2n) is 6.70. The lowest BCUT2D eigenvalue weighted by Crippen LogP contribution is -2.26. The van der Waals surface area contributed by atoms with Gasteiger partial charge in [-0.25, -0.2) is 21.1 Å². The Bertz CT molecular complexity index is 1010. The summed E-state index contributed by atoms with van der Waals surface area (Å²) >= 11 is 2.39. The third kappa shape index (κ3) is 3.78. The van der Waals surface area contributed by atoms with Gasteiger partial charge in [-0.15, -0.1) is 11.3 Å². The van der Waals surface area contributed by atoms with Crippen molar-refractivity contribution in [3.05, 3.63) is 52.1 Å². The van der Waals surface area contributed by atoms with Gasteiger partial charge < -0.3 is 4.74 Å². The van der Waals surface area contributed by atoms with E-state index in [0.717, 1.165) is 17.0 Å². The van der Waals surface area contributed by atoms with Crippen LogP contribution in [0.25, 0.3) is 10.9 Å². The lowest BCUT2D eigenvalue weighted by molar-refractivity contribution is 0.0544. The molecule has 5 nitrogen and oxygen atoms in total. The van der Waals surface area contributed by atoms with E-state index in [1.807, 2.05) is 56.0 Å². The molecule has 3 rings (SSSR count). The molecule has 0 unspecified atom stereocenters. The van der Waals surface area contributed by atoms with Crippen LogP contribution in [-0.4, -0.2) is 38.7 Å². The number of para-hydroxylation sites is 1. The summed E-state index contributed by atoms with van der Waals surface area (Å²) in [6, 6.07) is 7.30. The molecular weight excluding hydrogens is 368 g/mol. The van der Waals surface area contributed by atoms with Crippen LogP contribution in [0, 0.1) is 0 Å². The predicted octanol–water partition coefficient (Wildman–Crippen LogP) is 4.36. The lowest BCUT2D eigenvalue weighted by atomic mass is 10.1. The maximum absolute atomic E-state index is 13.0. The standard InChI is InChI=1S/C19H20N2O3S2/c1-19(2,3)24-18(23)21-9-14(13-7-5-6-8-15(13)21)16(22)17-20-12(10-25-4)11-26-17/h5-11,25H,1-4H3. The molecule has 0 saturated carbocycles. The van der Waals surface area contributed by atoms with Crippen molar-refractivity contribution < 1.29 is 14.3 Å². The molecule has 7 heteroatoms. The van der Waals surface area contributed by atoms with Crippen LogP contribution in [0.15, 0.2) is 35.8 Å². The molecule has 136 valence electrons. The second kappa shape index (κ2) is 7.17. The molecule has 26 heavy (non-hydrogen) atoms. The molecule has 0 aliphatic heterocycles. The van der Waals surface area contributed by atoms with Crippen molar-refractivity contribution in [3.63, 3.8) is 0 Å². The summed E-state index contributed by atoms with van der Waals surface area (Å²) in [4.78, 5) is 29.9. The monoisotopic (exact) mass is 388 g/mol. The minimum atomic E-state index is -0.619. The van der Waals surface area contributed by atoms with Crippen LogP contribution in [0.5, 0.6) is 0 Å². The van der Waals surface area contributed by atoms with Crippen LogP contribution < -0.4 is 0 Å². The van der Waals surface area contributed by atoms with Crippen molar-refractivity contribution >= 4 is 50.8 Å². The van der Waals surface area contributed by atoms with Crippen molar-refractivity contribution in [1.82, 2.24) is 9.55 Å². The Kier molecular flexibility index (Phi) is 5.11. The number of fused-ring (bicyclic) bond motifs is 1. The minimum absolute atomic E-state index is 0.194. The highest BCUT2D eigenvalue weighted by Gasteiger charge is 2.24. The molecule has 0 amide bonds. The molecule has 0 radical (unpaired) electrons. The molecule has 1 aromatic carbocycles. The van der Waals surface area contributed by atoms with Gasteiger partial charge in [-0.2, -0.15) is 0 Å². The zero-order valence-electron chi connectivity index (χ0n) is 15.0. The number of hydrogen-bond donors (Lipinski definition) is 1. The van der Waals surface area contributed by atoms with Crippen LogP contribution in [0.2, 0.25) is 0 Å². The number of thiazole rings is 1. The molecule has 2 heterocycles. The number of benzene rings is 1. The second-order valence-corrected chi connectivity index (χ2v) is 8.34. The lowest BCUT2D eigenvalue weighted by Gasteiger charge is -2.19. The average Bonchev–Trinajstić information content (AvgIpc) is 3.18. The van der Waals surface area contributed by atoms with Crippen molar-refractivity contribution in [1.29, 1.82) is 0 Å². The average molecular weight is 389 g/mol. The first-order chi connectivity index (χ1) is 12.3. The number of carbonyl (C=O) groups is 2. The molecule has 0 saturated heterocycles. The van der Waals surface area contributed by atoms with E-state index in [-0.39, 0.29) is 5.78 Å². The Morgan fingerprint density at radius 1 is 1.27 bits per heavy atom. The quantitative estimate of drug-likeness (QED) is 0.411. The van der Waals surface area contributed by atoms with Crippen molar-refractivity contribution in [3.8, 4) is 0 Å². The van der Waals surface area contributed by atoms with Crippen LogP contribution in [0.3, 0.4) is 0 Å². The Hall–Kier alpha value is -2.25. The highest BCUT2D eigenvalue weighted by atomic mass is 32.1. The van der Waals surface area contributed by atoms with Gasteiger partial charge in [0.25, 0.3) is 0 Å². The Morgan fingerprint density at radius 2 is 2.00 bits per heavy atom. The van der Waals surface area contributed by atoms with Gasteiger partial charge in [0.2, 0.25) is 5.78 Å². The summed E-state index contributed by atoms with van der Waals surface area (Å²) in [6.07, 6.45) is 3.03. The first-order valence-electron chi connectivity index (χ1n) is 8.06. The van der Waals surface area contributed by atoms with E-state index in [2.05, 4.69) is 4.98 Å². The summed E-state index contributed by atoms with van der Waals surface area (Å²) in [5.74, 6) is -0.194. The fourth-order valence-electron chi connectivity index (χ4n) is 2.52. The van der Waals surface area contributed by atoms with Crippen LogP contribution in [-0.2, 0) is 4.74 Å². The number of thiol groups is 1. The Labute approximate surface area is 159 Å². The van der Waals surface area contributed by atoms with Crippen LogP contribution in [0.1, 0.15) is 41.8 Å². The molecular formula is C19H20N2O3S2. The van der Waals surface area contributed by atoms with E-state index in [0.29, 0.717) is 21.5 Å². The fourth-order valence-corrected chi connectivity index (χ4v) is 3.75. The zero-order valence-corrected chi connectivity index (χ0v) is 16.7. The van der Waals surface area contributed by atoms with Gasteiger partial charge in [-0.1, -0.05) is 18.2 Å². The van der Waals surface area contributed by atoms with Crippen LogP contribution >= 0.6 is 22.7 Å². The summed E-state index contributed by atoms with van der Waals surface area (Å²) in [5.41, 5.74) is 1.26. The van der Waals surface area contributed by atoms with E-state index in [4.69, 9.17) is 4.74 Å². The third-order valence-electron chi connectivity index (χ3n) is 3.52. The topological polar surface area (TPSA) is 61.2 Å². The van der Waals surface area contributed by atoms with E-state index < -0.39 is 11.7 Å². The van der Waals surface area contributed by atoms with Gasteiger partial charge in [0.15, 0.2) is 5.01 Å². The number of hydrogen-bond acceptors (Lipinski definition) is 5. The largest absolute Gasteiger partial charge is 0.443 e. The Balaban J connectivity index is 2.06. The first-order valence-corrected chi connectivity index (χ1v) is 10.3. The molecule has 0 aliphatic rings. The SMILES string of the molecule is C[SH]=Cc1csc(C(=O)c2cn(C(=O)OC(C)(C)C)c3ccccc23)n1. The number of ketones is 1. The summed E-state index contributed by atoms with van der Waals surface area (Å²) < 4.78 is 6.85. The molecule has 0 fully saturated rings. The van der Waals surface area contributed by atoms with E-state index in [1.54, 1.807) is 12.3 Å². The van der Waals surface area contributed by atoms with Crippen molar-refractivity contribution in [2.24, 2.45) is 0 Å². The van der Waals surface area contributed by atoms with E-state index >= 15 is 0 Å². The molecule has 0 atom stereocenters. The summed E-state index contributed by atoms with van der Waals surface area (Å²) in [6.45, 7) is 5.43. The summed E-state index contributed by atoms with van der Waals surface area (Å²) in [5, 5.41) is 4.92. The summed E-state index contributed by atoms with van der Waals surface area (Å²) in [7, 11) is 0. The fraction of sp³-hybridized carbons (Fsp3) is 0.263. The predicted molar refractivity (Wildman–Crippen MR) is 109 cm³/mol. The highest BCUT2D eigenvalue weighted by molar-refractivity contribution is 7.97. The normalized spacial score (nSPS) is 12.3. The first kappa shape index (κ1) is 18.5. The molecule has 0 N–H and O–H groups in total. The molecule has 0 bridgehead atoms. The van der Waals surface area contributed by atoms with Gasteiger partial charge in [0, 0.05) is 17.0 Å². The Morgan fingerprint density at radius 3 is 2.69 bits per heavy atom. The highest BCUT2D eigenvalue weighted by Crippen LogP contribution is 2.26. The van der Waals surface area contributed by atoms with Gasteiger partial charge in [-0.05, 0) is 38.5 Å². The van der Waals surface area contributed by atoms with Gasteiger partial charge in [0.1, 0.15) is 5.60 Å². The maximum Gasteiger partial charge on any atom is 0.419 e. The third-order valence-corrected chi connectivity index (χ3v) is 4.91. The number of rotatable bonds is 3. The number of aromatic nitrogens is 2. The smallest absolute Gasteiger partial charge is 0.419 e. The van der Waals surface area contributed by atoms with E-state index in [9.17, 15) is 9.59 Å². The number of nitrogens with zero attached hydrogens (tertiary/aromatic N) is 2. The maximum atomic E-state index is 13.0. The van der Waals surface area contributed by atoms with Crippen molar-refractivity contribution in [2.75, 3.05) is 6.26 Å². The molecule has 0 aliphatic carbocycles. The molecule has 0 spiro atoms. The van der Waals surface area contributed by atoms with Gasteiger partial charge in [0.05, 0.1) is 16.8 Å². The zero-order chi connectivity index (χ0) is 18.9. The van der Waals surface area contributed by atoms with Crippen molar-refractivity contribution in [2.45, 2.75) is 26.4 Å². The number of ether oxygens (including phenoxy) is 1. The minimum Gasteiger partial charge on any atom is -0.443 e. The van der Waals surface area contributed by atoms with Gasteiger partial charge in [-0.3, -0.25) is 9.36 Å². The van der Waals surface area contributed by atoms with E-state index in [1.165, 1.54) is 15.9 Å². The molecule has 3 aromatic rings.